The second-order valence-corrected chi connectivity index (χ2v) is 11.0. The van der Waals surface area contributed by atoms with E-state index in [4.69, 9.17) is 16.3 Å². The van der Waals surface area contributed by atoms with Gasteiger partial charge in [-0.05, 0) is 38.1 Å². The summed E-state index contributed by atoms with van der Waals surface area (Å²) in [4.78, 5) is 32.3. The Balaban J connectivity index is 1.49. The molecule has 3 aliphatic rings. The van der Waals surface area contributed by atoms with Crippen molar-refractivity contribution in [3.05, 3.63) is 64.9 Å². The lowest BCUT2D eigenvalue weighted by Crippen LogP contribution is -2.56. The van der Waals surface area contributed by atoms with Gasteiger partial charge >= 0.3 is 12.2 Å². The summed E-state index contributed by atoms with van der Waals surface area (Å²) in [7, 11) is 1.88. The number of hydrogen-bond acceptors (Lipinski definition) is 8. The van der Waals surface area contributed by atoms with Crippen LogP contribution in [0.25, 0.3) is 4.85 Å². The number of ether oxygens (including phenoxy) is 1. The van der Waals surface area contributed by atoms with E-state index in [1.807, 2.05) is 16.8 Å². The standard InChI is InChI=1S/C29H33F4N7O3/c1-4-25(42)40-11-10-39(14-19(40)13-34-2)27-21-8-9-38(24-7-5-6-22(30)26(24)29(31,32)33)16-23(21)35-28(36-27)43-17-18-12-20(41)15-37(18)3/h4-7,18-20,41H,1,8-17H2,3H3/t18-,19?,20-/m1/s1. The average molecular weight is 604 g/mol. The van der Waals surface area contributed by atoms with E-state index in [0.717, 1.165) is 11.6 Å². The third kappa shape index (κ3) is 6.37. The van der Waals surface area contributed by atoms with E-state index in [2.05, 4.69) is 16.4 Å². The van der Waals surface area contributed by atoms with Crippen LogP contribution < -0.4 is 14.5 Å². The molecule has 0 radical (unpaired) electrons. The minimum atomic E-state index is -4.88. The predicted octanol–water partition coefficient (Wildman–Crippen LogP) is 2.76. The number of carbonyl (C=O) groups excluding carboxylic acids is 1. The number of rotatable bonds is 7. The van der Waals surface area contributed by atoms with E-state index in [1.165, 1.54) is 23.1 Å². The molecule has 2 fully saturated rings. The van der Waals surface area contributed by atoms with Gasteiger partial charge in [0.2, 0.25) is 12.5 Å². The molecule has 1 aromatic heterocycles. The van der Waals surface area contributed by atoms with E-state index >= 15 is 0 Å². The smallest absolute Gasteiger partial charge is 0.421 e. The number of aromatic nitrogens is 2. The minimum absolute atomic E-state index is 0.0316. The molecule has 10 nitrogen and oxygen atoms in total. The van der Waals surface area contributed by atoms with Crippen LogP contribution in [0.2, 0.25) is 0 Å². The Morgan fingerprint density at radius 2 is 2.00 bits per heavy atom. The highest BCUT2D eigenvalue weighted by Crippen LogP contribution is 2.40. The minimum Gasteiger partial charge on any atom is -0.462 e. The summed E-state index contributed by atoms with van der Waals surface area (Å²) < 4.78 is 62.0. The van der Waals surface area contributed by atoms with Gasteiger partial charge in [-0.3, -0.25) is 9.69 Å². The molecule has 0 spiro atoms. The number of nitrogens with zero attached hydrogens (tertiary/aromatic N) is 7. The molecule has 1 N–H and O–H groups in total. The van der Waals surface area contributed by atoms with E-state index in [0.29, 0.717) is 44.1 Å². The lowest BCUT2D eigenvalue weighted by molar-refractivity contribution is -0.139. The summed E-state index contributed by atoms with van der Waals surface area (Å²) in [6.07, 6.45) is -3.34. The van der Waals surface area contributed by atoms with E-state index < -0.39 is 29.7 Å². The predicted molar refractivity (Wildman–Crippen MR) is 150 cm³/mol. The van der Waals surface area contributed by atoms with Crippen molar-refractivity contribution in [2.24, 2.45) is 0 Å². The van der Waals surface area contributed by atoms with Gasteiger partial charge in [0.15, 0.2) is 0 Å². The summed E-state index contributed by atoms with van der Waals surface area (Å²) in [6, 6.07) is 2.84. The molecule has 1 aromatic carbocycles. The first-order valence-corrected chi connectivity index (χ1v) is 14.0. The lowest BCUT2D eigenvalue weighted by atomic mass is 10.0. The Labute approximate surface area is 247 Å². The van der Waals surface area contributed by atoms with Crippen molar-refractivity contribution < 1.29 is 32.2 Å². The average Bonchev–Trinajstić information content (AvgIpc) is 3.30. The Kier molecular flexibility index (Phi) is 8.75. The Morgan fingerprint density at radius 3 is 2.67 bits per heavy atom. The van der Waals surface area contributed by atoms with Crippen molar-refractivity contribution in [1.29, 1.82) is 0 Å². The topological polar surface area (TPSA) is 89.6 Å². The summed E-state index contributed by atoms with van der Waals surface area (Å²) in [6.45, 7) is 12.9. The molecule has 2 saturated heterocycles. The molecular formula is C29H33F4N7O3. The van der Waals surface area contributed by atoms with Gasteiger partial charge in [-0.1, -0.05) is 12.6 Å². The van der Waals surface area contributed by atoms with Crippen LogP contribution in [0.1, 0.15) is 23.2 Å². The van der Waals surface area contributed by atoms with Crippen LogP contribution in [0.5, 0.6) is 6.01 Å². The van der Waals surface area contributed by atoms with Crippen molar-refractivity contribution in [2.45, 2.75) is 43.8 Å². The van der Waals surface area contributed by atoms with Gasteiger partial charge in [0.05, 0.1) is 24.0 Å². The Hall–Kier alpha value is -3.96. The second-order valence-electron chi connectivity index (χ2n) is 11.0. The Morgan fingerprint density at radius 1 is 1.21 bits per heavy atom. The number of hydrogen-bond donors (Lipinski definition) is 1. The zero-order valence-corrected chi connectivity index (χ0v) is 23.7. The highest BCUT2D eigenvalue weighted by molar-refractivity contribution is 5.87. The quantitative estimate of drug-likeness (QED) is 0.294. The fraction of sp³-hybridized carbons (Fsp3) is 0.517. The number of likely N-dealkylation sites (tertiary alicyclic amines) is 1. The molecule has 230 valence electrons. The molecule has 1 amide bonds. The molecule has 0 saturated carbocycles. The highest BCUT2D eigenvalue weighted by atomic mass is 19.4. The third-order valence-electron chi connectivity index (χ3n) is 8.25. The molecular weight excluding hydrogens is 570 g/mol. The number of β-amino-alcohol motifs (C(OH)–C–C–N with tert-alkyl or cyclic N) is 1. The number of aliphatic hydroxyl groups is 1. The van der Waals surface area contributed by atoms with Gasteiger partial charge < -0.3 is 29.4 Å². The van der Waals surface area contributed by atoms with Crippen molar-refractivity contribution in [3.63, 3.8) is 0 Å². The number of halogens is 4. The van der Waals surface area contributed by atoms with Crippen molar-refractivity contribution >= 4 is 17.4 Å². The number of aliphatic hydroxyl groups excluding tert-OH is 1. The number of likely N-dealkylation sites (N-methyl/N-ethyl adjacent to an activating group) is 1. The maximum absolute atomic E-state index is 14.4. The van der Waals surface area contributed by atoms with Crippen LogP contribution in [-0.4, -0.2) is 102 Å². The van der Waals surface area contributed by atoms with Crippen molar-refractivity contribution in [3.8, 4) is 6.01 Å². The first-order chi connectivity index (χ1) is 20.5. The zero-order valence-electron chi connectivity index (χ0n) is 23.7. The number of carbonyl (C=O) groups is 1. The number of alkyl halides is 3. The van der Waals surface area contributed by atoms with Gasteiger partial charge in [0, 0.05) is 44.3 Å². The molecule has 5 rings (SSSR count). The summed E-state index contributed by atoms with van der Waals surface area (Å²) in [5, 5.41) is 10.0. The highest BCUT2D eigenvalue weighted by Gasteiger charge is 2.40. The van der Waals surface area contributed by atoms with Gasteiger partial charge in [0.25, 0.3) is 0 Å². The molecule has 3 aliphatic heterocycles. The molecule has 43 heavy (non-hydrogen) atoms. The number of piperazine rings is 1. The van der Waals surface area contributed by atoms with E-state index in [9.17, 15) is 27.5 Å². The van der Waals surface area contributed by atoms with Crippen LogP contribution >= 0.6 is 0 Å². The largest absolute Gasteiger partial charge is 0.462 e. The summed E-state index contributed by atoms with van der Waals surface area (Å²) >= 11 is 0. The fourth-order valence-electron chi connectivity index (χ4n) is 6.11. The van der Waals surface area contributed by atoms with Crippen LogP contribution in [0.4, 0.5) is 29.1 Å². The first kappa shape index (κ1) is 30.5. The third-order valence-corrected chi connectivity index (χ3v) is 8.25. The summed E-state index contributed by atoms with van der Waals surface area (Å²) in [5.41, 5.74) is -0.408. The molecule has 2 aromatic rings. The molecule has 4 heterocycles. The molecule has 3 atom stereocenters. The Bertz CT molecular complexity index is 1420. The lowest BCUT2D eigenvalue weighted by Gasteiger charge is -2.41. The van der Waals surface area contributed by atoms with Crippen molar-refractivity contribution in [1.82, 2.24) is 19.8 Å². The van der Waals surface area contributed by atoms with Crippen molar-refractivity contribution in [2.75, 3.05) is 62.7 Å². The van der Waals surface area contributed by atoms with Crippen LogP contribution in [0.3, 0.4) is 0 Å². The van der Waals surface area contributed by atoms with Gasteiger partial charge in [0.1, 0.15) is 29.8 Å². The number of benzene rings is 1. The molecule has 14 heteroatoms. The second kappa shape index (κ2) is 12.3. The summed E-state index contributed by atoms with van der Waals surface area (Å²) in [5.74, 6) is -1.07. The van der Waals surface area contributed by atoms with E-state index in [-0.39, 0.29) is 56.3 Å². The van der Waals surface area contributed by atoms with Crippen LogP contribution in [0.15, 0.2) is 30.9 Å². The van der Waals surface area contributed by atoms with E-state index in [1.54, 1.807) is 4.90 Å². The zero-order chi connectivity index (χ0) is 30.9. The maximum atomic E-state index is 14.4. The van der Waals surface area contributed by atoms with Gasteiger partial charge in [-0.25, -0.2) is 11.0 Å². The first-order valence-electron chi connectivity index (χ1n) is 14.0. The fourth-order valence-corrected chi connectivity index (χ4v) is 6.11. The molecule has 1 unspecified atom stereocenters. The molecule has 0 bridgehead atoms. The maximum Gasteiger partial charge on any atom is 0.421 e. The van der Waals surface area contributed by atoms with Crippen LogP contribution in [-0.2, 0) is 23.9 Å². The number of fused-ring (bicyclic) bond motifs is 1. The number of amides is 1. The monoisotopic (exact) mass is 603 g/mol. The van der Waals surface area contributed by atoms with Gasteiger partial charge in [-0.2, -0.15) is 23.1 Å². The van der Waals surface area contributed by atoms with Gasteiger partial charge in [-0.15, -0.1) is 0 Å². The normalized spacial score (nSPS) is 22.7. The molecule has 0 aliphatic carbocycles. The SMILES string of the molecule is [C-]#[N+]CC1CN(c2nc(OC[C@H]3C[C@@H](O)CN3C)nc3c2CCN(c2cccc(F)c2C(F)(F)F)C3)CCN1C(=O)C=C. The number of anilines is 2. The van der Waals surface area contributed by atoms with Crippen LogP contribution in [0, 0.1) is 12.4 Å².